The smallest absolute Gasteiger partial charge is 0.258 e. The van der Waals surface area contributed by atoms with E-state index in [1.165, 1.54) is 11.8 Å². The van der Waals surface area contributed by atoms with Gasteiger partial charge in [-0.05, 0) is 36.4 Å². The van der Waals surface area contributed by atoms with Crippen LogP contribution < -0.4 is 5.56 Å². The summed E-state index contributed by atoms with van der Waals surface area (Å²) in [6, 6.07) is 16.5. The molecule has 29 heavy (non-hydrogen) atoms. The Morgan fingerprint density at radius 3 is 2.72 bits per heavy atom. The third-order valence-electron chi connectivity index (χ3n) is 4.37. The molecular formula is C21H13ClN4O2S. The maximum atomic E-state index is 12.4. The van der Waals surface area contributed by atoms with E-state index in [4.69, 9.17) is 16.0 Å². The van der Waals surface area contributed by atoms with Crippen molar-refractivity contribution >= 4 is 45.2 Å². The van der Waals surface area contributed by atoms with E-state index < -0.39 is 0 Å². The van der Waals surface area contributed by atoms with E-state index in [-0.39, 0.29) is 5.56 Å². The molecule has 0 saturated heterocycles. The number of nitrogens with one attached hydrogen (secondary N) is 1. The van der Waals surface area contributed by atoms with Crippen molar-refractivity contribution in [3.8, 4) is 11.6 Å². The van der Waals surface area contributed by atoms with Crippen LogP contribution in [0, 0.1) is 0 Å². The Balaban J connectivity index is 1.54. The number of aromatic amines is 1. The summed E-state index contributed by atoms with van der Waals surface area (Å²) >= 11 is 7.52. The molecule has 142 valence electrons. The predicted octanol–water partition coefficient (Wildman–Crippen LogP) is 5.07. The number of para-hydroxylation sites is 1. The van der Waals surface area contributed by atoms with Gasteiger partial charge in [-0.1, -0.05) is 41.6 Å². The average Bonchev–Trinajstić information content (AvgIpc) is 3.26. The Labute approximate surface area is 174 Å². The summed E-state index contributed by atoms with van der Waals surface area (Å²) in [6.45, 7) is 0. The number of benzene rings is 2. The standard InChI is InChI=1S/C21H13ClN4O2S/c22-12-7-8-13-16(10-12)23-18(25-20(13)27)11-29-21-14-4-1-2-5-15(14)24-19(26-21)17-6-3-9-28-17/h1-10H,11H2,(H,23,25,27). The van der Waals surface area contributed by atoms with Crippen LogP contribution in [0.4, 0.5) is 0 Å². The van der Waals surface area contributed by atoms with Gasteiger partial charge in [0.25, 0.3) is 5.56 Å². The first-order chi connectivity index (χ1) is 14.2. The topological polar surface area (TPSA) is 84.7 Å². The van der Waals surface area contributed by atoms with Crippen molar-refractivity contribution in [1.29, 1.82) is 0 Å². The zero-order valence-corrected chi connectivity index (χ0v) is 16.5. The van der Waals surface area contributed by atoms with Crippen LogP contribution in [0.1, 0.15) is 5.82 Å². The summed E-state index contributed by atoms with van der Waals surface area (Å²) < 4.78 is 5.45. The SMILES string of the molecule is O=c1[nH]c(CSc2nc(-c3ccco3)nc3ccccc23)nc2cc(Cl)ccc12. The second-order valence-electron chi connectivity index (χ2n) is 6.31. The number of aromatic nitrogens is 4. The van der Waals surface area contributed by atoms with Gasteiger partial charge < -0.3 is 9.40 Å². The quantitative estimate of drug-likeness (QED) is 0.322. The van der Waals surface area contributed by atoms with Crippen molar-refractivity contribution in [1.82, 2.24) is 19.9 Å². The lowest BCUT2D eigenvalue weighted by Gasteiger charge is -2.08. The molecule has 0 bridgehead atoms. The maximum absolute atomic E-state index is 12.4. The summed E-state index contributed by atoms with van der Waals surface area (Å²) in [5.41, 5.74) is 1.20. The van der Waals surface area contributed by atoms with Crippen molar-refractivity contribution in [3.05, 3.63) is 82.1 Å². The van der Waals surface area contributed by atoms with Crippen molar-refractivity contribution in [2.24, 2.45) is 0 Å². The molecule has 2 aromatic carbocycles. The third kappa shape index (κ3) is 3.50. The minimum absolute atomic E-state index is 0.189. The van der Waals surface area contributed by atoms with Gasteiger partial charge in [0.15, 0.2) is 11.6 Å². The van der Waals surface area contributed by atoms with Gasteiger partial charge in [0.2, 0.25) is 0 Å². The largest absolute Gasteiger partial charge is 0.461 e. The van der Waals surface area contributed by atoms with Gasteiger partial charge in [-0.2, -0.15) is 0 Å². The minimum Gasteiger partial charge on any atom is -0.461 e. The summed E-state index contributed by atoms with van der Waals surface area (Å²) in [5, 5.41) is 2.77. The molecule has 1 N–H and O–H groups in total. The number of halogens is 1. The van der Waals surface area contributed by atoms with Crippen molar-refractivity contribution in [2.75, 3.05) is 0 Å². The first-order valence-corrected chi connectivity index (χ1v) is 10.2. The molecule has 0 unspecified atom stereocenters. The molecular weight excluding hydrogens is 408 g/mol. The van der Waals surface area contributed by atoms with Crippen LogP contribution in [0.5, 0.6) is 0 Å². The number of fused-ring (bicyclic) bond motifs is 2. The van der Waals surface area contributed by atoms with E-state index in [1.807, 2.05) is 30.3 Å². The van der Waals surface area contributed by atoms with Gasteiger partial charge in [0, 0.05) is 10.4 Å². The van der Waals surface area contributed by atoms with Gasteiger partial charge in [-0.15, -0.1) is 0 Å². The summed E-state index contributed by atoms with van der Waals surface area (Å²) in [7, 11) is 0. The van der Waals surface area contributed by atoms with E-state index in [1.54, 1.807) is 30.5 Å². The van der Waals surface area contributed by atoms with Gasteiger partial charge in [0.1, 0.15) is 10.9 Å². The maximum Gasteiger partial charge on any atom is 0.258 e. The van der Waals surface area contributed by atoms with Crippen molar-refractivity contribution in [3.63, 3.8) is 0 Å². The summed E-state index contributed by atoms with van der Waals surface area (Å²) in [6.07, 6.45) is 1.59. The fraction of sp³-hybridized carbons (Fsp3) is 0.0476. The fourth-order valence-corrected chi connectivity index (χ4v) is 4.10. The molecule has 0 aliphatic heterocycles. The highest BCUT2D eigenvalue weighted by molar-refractivity contribution is 7.98. The molecule has 0 atom stereocenters. The highest BCUT2D eigenvalue weighted by atomic mass is 35.5. The molecule has 3 aromatic heterocycles. The molecule has 8 heteroatoms. The van der Waals surface area contributed by atoms with Gasteiger partial charge in [-0.25, -0.2) is 15.0 Å². The number of furan rings is 1. The van der Waals surface area contributed by atoms with Crippen LogP contribution >= 0.6 is 23.4 Å². The van der Waals surface area contributed by atoms with E-state index >= 15 is 0 Å². The van der Waals surface area contributed by atoms with E-state index in [0.29, 0.717) is 39.1 Å². The third-order valence-corrected chi connectivity index (χ3v) is 5.61. The van der Waals surface area contributed by atoms with E-state index in [0.717, 1.165) is 15.9 Å². The Morgan fingerprint density at radius 1 is 0.966 bits per heavy atom. The lowest BCUT2D eigenvalue weighted by molar-refractivity contribution is 0.577. The molecule has 0 spiro atoms. The second-order valence-corrected chi connectivity index (χ2v) is 7.71. The Kier molecular flexibility index (Phi) is 4.54. The number of hydrogen-bond acceptors (Lipinski definition) is 6. The molecule has 0 amide bonds. The highest BCUT2D eigenvalue weighted by Crippen LogP contribution is 2.30. The number of thioether (sulfide) groups is 1. The Hall–Kier alpha value is -3.16. The van der Waals surface area contributed by atoms with Crippen molar-refractivity contribution in [2.45, 2.75) is 10.8 Å². The van der Waals surface area contributed by atoms with Crippen LogP contribution in [-0.2, 0) is 5.75 Å². The normalized spacial score (nSPS) is 11.3. The van der Waals surface area contributed by atoms with Crippen LogP contribution in [0.15, 0.2) is 75.1 Å². The minimum atomic E-state index is -0.189. The highest BCUT2D eigenvalue weighted by Gasteiger charge is 2.13. The average molecular weight is 421 g/mol. The first kappa shape index (κ1) is 17.9. The van der Waals surface area contributed by atoms with Crippen molar-refractivity contribution < 1.29 is 4.42 Å². The van der Waals surface area contributed by atoms with Gasteiger partial charge >= 0.3 is 0 Å². The molecule has 5 aromatic rings. The number of nitrogens with zero attached hydrogens (tertiary/aromatic N) is 3. The zero-order chi connectivity index (χ0) is 19.8. The lowest BCUT2D eigenvalue weighted by atomic mass is 10.2. The first-order valence-electron chi connectivity index (χ1n) is 8.79. The molecule has 6 nitrogen and oxygen atoms in total. The number of H-pyrrole nitrogens is 1. The number of rotatable bonds is 4. The van der Waals surface area contributed by atoms with E-state index in [2.05, 4.69) is 19.9 Å². The predicted molar refractivity (Wildman–Crippen MR) is 114 cm³/mol. The molecule has 0 aliphatic rings. The van der Waals surface area contributed by atoms with Crippen LogP contribution in [-0.4, -0.2) is 19.9 Å². The molecule has 3 heterocycles. The summed E-state index contributed by atoms with van der Waals surface area (Å²) in [5.74, 6) is 2.11. The molecule has 0 fully saturated rings. The fourth-order valence-electron chi connectivity index (χ4n) is 3.04. The number of hydrogen-bond donors (Lipinski definition) is 1. The Bertz CT molecular complexity index is 1400. The van der Waals surface area contributed by atoms with Gasteiger partial charge in [0.05, 0.1) is 28.4 Å². The molecule has 0 radical (unpaired) electrons. The summed E-state index contributed by atoms with van der Waals surface area (Å²) in [4.78, 5) is 29.0. The zero-order valence-electron chi connectivity index (χ0n) is 14.9. The van der Waals surface area contributed by atoms with Crippen LogP contribution in [0.2, 0.25) is 5.02 Å². The van der Waals surface area contributed by atoms with E-state index in [9.17, 15) is 4.79 Å². The van der Waals surface area contributed by atoms with Crippen LogP contribution in [0.25, 0.3) is 33.4 Å². The Morgan fingerprint density at radius 2 is 1.86 bits per heavy atom. The second kappa shape index (κ2) is 7.35. The molecule has 0 saturated carbocycles. The molecule has 5 rings (SSSR count). The van der Waals surface area contributed by atoms with Crippen LogP contribution in [0.3, 0.4) is 0 Å². The monoisotopic (exact) mass is 420 g/mol. The lowest BCUT2D eigenvalue weighted by Crippen LogP contribution is -2.11. The van der Waals surface area contributed by atoms with Gasteiger partial charge in [-0.3, -0.25) is 4.79 Å². The molecule has 0 aliphatic carbocycles.